The summed E-state index contributed by atoms with van der Waals surface area (Å²) in [6, 6.07) is 10.00. The van der Waals surface area contributed by atoms with Crippen molar-refractivity contribution >= 4 is 27.7 Å². The van der Waals surface area contributed by atoms with Gasteiger partial charge in [0.1, 0.15) is 4.83 Å². The number of carboxylic acid groups (broad SMARTS) is 1. The number of fused-ring (bicyclic) bond motifs is 1. The van der Waals surface area contributed by atoms with Gasteiger partial charge in [0.25, 0.3) is 5.56 Å². The van der Waals surface area contributed by atoms with Crippen LogP contribution in [-0.2, 0) is 6.54 Å². The van der Waals surface area contributed by atoms with Crippen LogP contribution in [0.15, 0.2) is 47.4 Å². The molecule has 2 heterocycles. The highest BCUT2D eigenvalue weighted by molar-refractivity contribution is 7.13. The van der Waals surface area contributed by atoms with Gasteiger partial charge in [0.2, 0.25) is 0 Å². The van der Waals surface area contributed by atoms with E-state index < -0.39 is 5.97 Å². The fraction of sp³-hybridized carbons (Fsp3) is 0.0714. The molecule has 0 spiro atoms. The molecule has 3 aromatic rings. The maximum atomic E-state index is 12.1. The molecule has 0 saturated carbocycles. The molecule has 0 aliphatic rings. The SMILES string of the molecule is O=C(O)c1ccc(Cn2sc3ncccc3c2=O)cc1. The Hall–Kier alpha value is -2.47. The van der Waals surface area contributed by atoms with Gasteiger partial charge < -0.3 is 5.11 Å². The third-order valence-corrected chi connectivity index (χ3v) is 3.97. The van der Waals surface area contributed by atoms with Crippen molar-refractivity contribution in [1.82, 2.24) is 8.94 Å². The topological polar surface area (TPSA) is 72.2 Å². The molecule has 3 rings (SSSR count). The number of pyridine rings is 1. The molecule has 0 bridgehead atoms. The standard InChI is InChI=1S/C14H10N2O3S/c17-13-11-2-1-7-15-12(11)20-16(13)8-9-3-5-10(6-4-9)14(18)19/h1-7H,8H2,(H,18,19). The summed E-state index contributed by atoms with van der Waals surface area (Å²) in [4.78, 5) is 27.8. The van der Waals surface area contributed by atoms with Crippen molar-refractivity contribution in [3.8, 4) is 0 Å². The Labute approximate surface area is 117 Å². The van der Waals surface area contributed by atoms with Gasteiger partial charge in [0.05, 0.1) is 17.5 Å². The number of aromatic nitrogens is 2. The Balaban J connectivity index is 1.95. The first kappa shape index (κ1) is 12.6. The molecule has 0 saturated heterocycles. The van der Waals surface area contributed by atoms with Gasteiger partial charge in [0.15, 0.2) is 0 Å². The molecular formula is C14H10N2O3S. The molecule has 100 valence electrons. The van der Waals surface area contributed by atoms with Gasteiger partial charge in [-0.2, -0.15) is 0 Å². The van der Waals surface area contributed by atoms with E-state index in [9.17, 15) is 9.59 Å². The van der Waals surface area contributed by atoms with Gasteiger partial charge in [-0.25, -0.2) is 9.78 Å². The van der Waals surface area contributed by atoms with Crippen molar-refractivity contribution in [2.75, 3.05) is 0 Å². The minimum Gasteiger partial charge on any atom is -0.478 e. The lowest BCUT2D eigenvalue weighted by molar-refractivity contribution is 0.0697. The van der Waals surface area contributed by atoms with Gasteiger partial charge in [-0.3, -0.25) is 8.75 Å². The molecule has 0 aliphatic heterocycles. The van der Waals surface area contributed by atoms with E-state index in [2.05, 4.69) is 4.98 Å². The summed E-state index contributed by atoms with van der Waals surface area (Å²) in [5.74, 6) is -0.959. The van der Waals surface area contributed by atoms with E-state index in [1.165, 1.54) is 23.7 Å². The minimum absolute atomic E-state index is 0.0691. The fourth-order valence-corrected chi connectivity index (χ4v) is 2.89. The third kappa shape index (κ3) is 2.21. The molecule has 0 unspecified atom stereocenters. The van der Waals surface area contributed by atoms with Crippen LogP contribution in [0.5, 0.6) is 0 Å². The maximum Gasteiger partial charge on any atom is 0.335 e. The number of hydrogen-bond acceptors (Lipinski definition) is 4. The second-order valence-corrected chi connectivity index (χ2v) is 5.30. The smallest absolute Gasteiger partial charge is 0.335 e. The van der Waals surface area contributed by atoms with Crippen molar-refractivity contribution < 1.29 is 9.90 Å². The number of carbonyl (C=O) groups is 1. The van der Waals surface area contributed by atoms with E-state index >= 15 is 0 Å². The molecule has 1 N–H and O–H groups in total. The predicted octanol–water partition coefficient (Wildman–Crippen LogP) is 2.20. The highest BCUT2D eigenvalue weighted by Gasteiger charge is 2.08. The normalized spacial score (nSPS) is 10.8. The van der Waals surface area contributed by atoms with E-state index in [0.717, 1.165) is 5.56 Å². The Morgan fingerprint density at radius 3 is 2.65 bits per heavy atom. The summed E-state index contributed by atoms with van der Waals surface area (Å²) >= 11 is 1.31. The molecule has 20 heavy (non-hydrogen) atoms. The van der Waals surface area contributed by atoms with E-state index in [4.69, 9.17) is 5.11 Å². The zero-order valence-corrected chi connectivity index (χ0v) is 11.1. The van der Waals surface area contributed by atoms with Gasteiger partial charge in [-0.05, 0) is 41.4 Å². The monoisotopic (exact) mass is 286 g/mol. The number of aromatic carboxylic acids is 1. The number of nitrogens with zero attached hydrogens (tertiary/aromatic N) is 2. The van der Waals surface area contributed by atoms with Crippen LogP contribution in [0, 0.1) is 0 Å². The molecule has 1 aromatic carbocycles. The molecule has 0 atom stereocenters. The summed E-state index contributed by atoms with van der Waals surface area (Å²) in [5, 5.41) is 9.45. The molecule has 2 aromatic heterocycles. The molecule has 0 radical (unpaired) electrons. The lowest BCUT2D eigenvalue weighted by Crippen LogP contribution is -2.13. The first-order valence-corrected chi connectivity index (χ1v) is 6.69. The van der Waals surface area contributed by atoms with Crippen molar-refractivity contribution in [3.05, 3.63) is 64.1 Å². The van der Waals surface area contributed by atoms with Crippen LogP contribution in [0.1, 0.15) is 15.9 Å². The van der Waals surface area contributed by atoms with Crippen molar-refractivity contribution in [2.45, 2.75) is 6.54 Å². The quantitative estimate of drug-likeness (QED) is 0.801. The van der Waals surface area contributed by atoms with Gasteiger partial charge in [-0.1, -0.05) is 12.1 Å². The summed E-state index contributed by atoms with van der Waals surface area (Å²) < 4.78 is 1.62. The Morgan fingerprint density at radius 1 is 1.25 bits per heavy atom. The number of rotatable bonds is 3. The highest BCUT2D eigenvalue weighted by Crippen LogP contribution is 2.15. The molecular weight excluding hydrogens is 276 g/mol. The van der Waals surface area contributed by atoms with Gasteiger partial charge >= 0.3 is 5.97 Å². The van der Waals surface area contributed by atoms with Crippen LogP contribution in [0.4, 0.5) is 0 Å². The first-order chi connectivity index (χ1) is 9.65. The average Bonchev–Trinajstić information content (AvgIpc) is 2.77. The van der Waals surface area contributed by atoms with Crippen molar-refractivity contribution in [3.63, 3.8) is 0 Å². The highest BCUT2D eigenvalue weighted by atomic mass is 32.1. The van der Waals surface area contributed by atoms with Gasteiger partial charge in [0, 0.05) is 6.20 Å². The lowest BCUT2D eigenvalue weighted by Gasteiger charge is -2.01. The Morgan fingerprint density at radius 2 is 2.00 bits per heavy atom. The van der Waals surface area contributed by atoms with E-state index in [1.54, 1.807) is 34.4 Å². The van der Waals surface area contributed by atoms with Gasteiger partial charge in [-0.15, -0.1) is 0 Å². The fourth-order valence-electron chi connectivity index (χ4n) is 1.93. The zero-order chi connectivity index (χ0) is 14.1. The lowest BCUT2D eigenvalue weighted by atomic mass is 10.1. The summed E-state index contributed by atoms with van der Waals surface area (Å²) in [7, 11) is 0. The third-order valence-electron chi connectivity index (χ3n) is 2.95. The second-order valence-electron chi connectivity index (χ2n) is 4.29. The maximum absolute atomic E-state index is 12.1. The second kappa shape index (κ2) is 4.90. The van der Waals surface area contributed by atoms with Crippen LogP contribution < -0.4 is 5.56 Å². The van der Waals surface area contributed by atoms with Crippen LogP contribution >= 0.6 is 11.5 Å². The van der Waals surface area contributed by atoms with Crippen molar-refractivity contribution in [1.29, 1.82) is 0 Å². The minimum atomic E-state index is -0.959. The van der Waals surface area contributed by atoms with E-state index in [-0.39, 0.29) is 11.1 Å². The zero-order valence-electron chi connectivity index (χ0n) is 10.3. The van der Waals surface area contributed by atoms with Crippen LogP contribution in [0.2, 0.25) is 0 Å². The average molecular weight is 286 g/mol. The molecule has 0 amide bonds. The summed E-state index contributed by atoms with van der Waals surface area (Å²) in [5.41, 5.74) is 1.04. The molecule has 0 fully saturated rings. The largest absolute Gasteiger partial charge is 0.478 e. The number of benzene rings is 1. The van der Waals surface area contributed by atoms with E-state index in [1.807, 2.05) is 0 Å². The molecule has 5 nitrogen and oxygen atoms in total. The summed E-state index contributed by atoms with van der Waals surface area (Å²) in [6.45, 7) is 0.416. The first-order valence-electron chi connectivity index (χ1n) is 5.92. The Bertz CT molecular complexity index is 833. The molecule has 6 heteroatoms. The molecule has 0 aliphatic carbocycles. The predicted molar refractivity (Wildman–Crippen MR) is 76.4 cm³/mol. The number of hydrogen-bond donors (Lipinski definition) is 1. The Kier molecular flexibility index (Phi) is 3.08. The van der Waals surface area contributed by atoms with Crippen LogP contribution in [0.3, 0.4) is 0 Å². The number of carboxylic acids is 1. The van der Waals surface area contributed by atoms with Crippen LogP contribution in [-0.4, -0.2) is 20.0 Å². The van der Waals surface area contributed by atoms with E-state index in [0.29, 0.717) is 16.8 Å². The summed E-state index contributed by atoms with van der Waals surface area (Å²) in [6.07, 6.45) is 1.66. The van der Waals surface area contributed by atoms with Crippen molar-refractivity contribution in [2.24, 2.45) is 0 Å². The van der Waals surface area contributed by atoms with Crippen LogP contribution in [0.25, 0.3) is 10.2 Å².